The molecule has 4 heterocycles. The summed E-state index contributed by atoms with van der Waals surface area (Å²) >= 11 is 0. The van der Waals surface area contributed by atoms with Crippen molar-refractivity contribution in [3.8, 4) is 0 Å². The zero-order valence-electron chi connectivity index (χ0n) is 13.9. The standard InChI is InChI=1S/C18H19BN3O/c1-12-7-8-16(21(3)11-12)19-13(2)10-15-14-6-5-9-20-17(14)23-18(15)22(19)4/h5-11H,1-4H3/q+1. The van der Waals surface area contributed by atoms with Crippen molar-refractivity contribution in [2.75, 3.05) is 11.9 Å². The first-order chi connectivity index (χ1) is 11.1. The number of allylic oxidation sites excluding steroid dienone is 1. The molecule has 0 saturated carbocycles. The first-order valence-corrected chi connectivity index (χ1v) is 7.81. The van der Waals surface area contributed by atoms with Crippen LogP contribution < -0.4 is 15.0 Å². The van der Waals surface area contributed by atoms with E-state index in [4.69, 9.17) is 4.42 Å². The largest absolute Gasteiger partial charge is 0.423 e. The molecule has 23 heavy (non-hydrogen) atoms. The van der Waals surface area contributed by atoms with E-state index in [1.165, 1.54) is 16.6 Å². The second kappa shape index (κ2) is 4.98. The molecule has 0 saturated heterocycles. The molecule has 0 amide bonds. The number of nitrogens with zero attached hydrogens (tertiary/aromatic N) is 3. The van der Waals surface area contributed by atoms with Crippen molar-refractivity contribution in [2.45, 2.75) is 13.8 Å². The predicted octanol–water partition coefficient (Wildman–Crippen LogP) is 2.25. The number of aromatic nitrogens is 2. The van der Waals surface area contributed by atoms with Gasteiger partial charge in [0.05, 0.1) is 0 Å². The second-order valence-corrected chi connectivity index (χ2v) is 6.32. The fourth-order valence-corrected chi connectivity index (χ4v) is 3.54. The molecule has 114 valence electrons. The van der Waals surface area contributed by atoms with Crippen LogP contribution in [0.2, 0.25) is 0 Å². The average molecular weight is 304 g/mol. The molecular formula is C18H19BN3O+. The molecule has 0 fully saturated rings. The molecule has 1 aliphatic heterocycles. The van der Waals surface area contributed by atoms with E-state index >= 15 is 0 Å². The highest BCUT2D eigenvalue weighted by Gasteiger charge is 2.38. The highest BCUT2D eigenvalue weighted by molar-refractivity contribution is 6.82. The summed E-state index contributed by atoms with van der Waals surface area (Å²) < 4.78 is 8.22. The Hall–Kier alpha value is -2.56. The normalized spacial score (nSPS) is 14.2. The van der Waals surface area contributed by atoms with E-state index in [9.17, 15) is 0 Å². The Morgan fingerprint density at radius 2 is 2.04 bits per heavy atom. The van der Waals surface area contributed by atoms with Gasteiger partial charge in [-0.15, -0.1) is 0 Å². The summed E-state index contributed by atoms with van der Waals surface area (Å²) in [5.41, 5.74) is 5.61. The number of fused-ring (bicyclic) bond motifs is 3. The lowest BCUT2D eigenvalue weighted by molar-refractivity contribution is -0.654. The fraction of sp³-hybridized carbons (Fsp3) is 0.222. The molecule has 4 rings (SSSR count). The second-order valence-electron chi connectivity index (χ2n) is 6.32. The van der Waals surface area contributed by atoms with Gasteiger partial charge in [-0.3, -0.25) is 0 Å². The first kappa shape index (κ1) is 14.1. The molecule has 4 nitrogen and oxygen atoms in total. The Balaban J connectivity index is 1.90. The van der Waals surface area contributed by atoms with Crippen molar-refractivity contribution in [3.05, 3.63) is 53.3 Å². The summed E-state index contributed by atoms with van der Waals surface area (Å²) in [6.45, 7) is 4.45. The van der Waals surface area contributed by atoms with Crippen LogP contribution in [0.25, 0.3) is 17.2 Å². The summed E-state index contributed by atoms with van der Waals surface area (Å²) in [6.07, 6.45) is 6.16. The van der Waals surface area contributed by atoms with Gasteiger partial charge >= 0.3 is 6.85 Å². The molecule has 0 radical (unpaired) electrons. The molecule has 5 heteroatoms. The van der Waals surface area contributed by atoms with Gasteiger partial charge in [-0.1, -0.05) is 11.5 Å². The molecule has 0 atom stereocenters. The van der Waals surface area contributed by atoms with Gasteiger partial charge in [-0.05, 0) is 45.2 Å². The van der Waals surface area contributed by atoms with Crippen LogP contribution in [0.3, 0.4) is 0 Å². The maximum Gasteiger partial charge on any atom is 0.401 e. The van der Waals surface area contributed by atoms with Crippen LogP contribution in [-0.4, -0.2) is 18.9 Å². The van der Waals surface area contributed by atoms with Crippen LogP contribution in [0.15, 0.2) is 46.5 Å². The van der Waals surface area contributed by atoms with Crippen molar-refractivity contribution in [2.24, 2.45) is 7.05 Å². The van der Waals surface area contributed by atoms with E-state index in [0.29, 0.717) is 5.71 Å². The average Bonchev–Trinajstić information content (AvgIpc) is 2.88. The third kappa shape index (κ3) is 2.07. The molecule has 0 bridgehead atoms. The van der Waals surface area contributed by atoms with Crippen LogP contribution in [-0.2, 0) is 7.05 Å². The molecule has 1 aliphatic rings. The van der Waals surface area contributed by atoms with E-state index in [0.717, 1.165) is 16.8 Å². The molecule has 0 aromatic carbocycles. The molecule has 0 spiro atoms. The predicted molar refractivity (Wildman–Crippen MR) is 93.8 cm³/mol. The zero-order chi connectivity index (χ0) is 16.1. The lowest BCUT2D eigenvalue weighted by atomic mass is 9.49. The smallest absolute Gasteiger partial charge is 0.401 e. The quantitative estimate of drug-likeness (QED) is 0.511. The van der Waals surface area contributed by atoms with Crippen molar-refractivity contribution in [1.29, 1.82) is 0 Å². The Kier molecular flexibility index (Phi) is 3.05. The van der Waals surface area contributed by atoms with E-state index < -0.39 is 0 Å². The number of rotatable bonds is 1. The number of hydrogen-bond donors (Lipinski definition) is 0. The Morgan fingerprint density at radius 1 is 1.22 bits per heavy atom. The summed E-state index contributed by atoms with van der Waals surface area (Å²) in [5.74, 6) is 0.884. The van der Waals surface area contributed by atoms with Gasteiger partial charge < -0.3 is 9.23 Å². The van der Waals surface area contributed by atoms with Crippen molar-refractivity contribution < 1.29 is 8.98 Å². The third-order valence-corrected chi connectivity index (χ3v) is 4.60. The van der Waals surface area contributed by atoms with Gasteiger partial charge in [0.2, 0.25) is 5.71 Å². The Labute approximate surface area is 136 Å². The summed E-state index contributed by atoms with van der Waals surface area (Å²) in [4.78, 5) is 6.55. The fourth-order valence-electron chi connectivity index (χ4n) is 3.54. The lowest BCUT2D eigenvalue weighted by Gasteiger charge is -2.27. The number of hydrogen-bond acceptors (Lipinski definition) is 3. The first-order valence-electron chi connectivity index (χ1n) is 7.81. The van der Waals surface area contributed by atoms with Crippen LogP contribution in [0, 0.1) is 6.92 Å². The van der Waals surface area contributed by atoms with Gasteiger partial charge in [-0.25, -0.2) is 9.55 Å². The lowest BCUT2D eigenvalue weighted by Crippen LogP contribution is -2.62. The Morgan fingerprint density at radius 3 is 2.83 bits per heavy atom. The molecule has 3 aromatic rings. The maximum atomic E-state index is 6.03. The molecular weight excluding hydrogens is 285 g/mol. The number of furan rings is 1. The van der Waals surface area contributed by atoms with E-state index in [1.54, 1.807) is 6.20 Å². The molecule has 0 N–H and O–H groups in total. The molecule has 0 unspecified atom stereocenters. The summed E-state index contributed by atoms with van der Waals surface area (Å²) in [7, 11) is 4.18. The van der Waals surface area contributed by atoms with E-state index in [1.807, 2.05) is 6.07 Å². The number of aryl methyl sites for hydroxylation is 2. The van der Waals surface area contributed by atoms with Gasteiger partial charge in [0.25, 0.3) is 0 Å². The van der Waals surface area contributed by atoms with E-state index in [2.05, 4.69) is 72.8 Å². The van der Waals surface area contributed by atoms with Gasteiger partial charge in [-0.2, -0.15) is 0 Å². The minimum Gasteiger partial charge on any atom is -0.423 e. The SMILES string of the molecule is CC1=Cc2c(oc3ncccc23)N(C)B1c1ccc(C)c[n+]1C. The maximum absolute atomic E-state index is 6.03. The number of anilines is 1. The van der Waals surface area contributed by atoms with Crippen LogP contribution in [0.1, 0.15) is 18.1 Å². The minimum absolute atomic E-state index is 0.161. The topological polar surface area (TPSA) is 33.2 Å². The molecule has 0 aliphatic carbocycles. The Bertz CT molecular complexity index is 945. The summed E-state index contributed by atoms with van der Waals surface area (Å²) in [6, 6.07) is 8.37. The van der Waals surface area contributed by atoms with Crippen molar-refractivity contribution >= 4 is 35.5 Å². The van der Waals surface area contributed by atoms with Crippen LogP contribution >= 0.6 is 0 Å². The highest BCUT2D eigenvalue weighted by Crippen LogP contribution is 2.36. The number of pyridine rings is 2. The van der Waals surface area contributed by atoms with Gasteiger partial charge in [0, 0.05) is 22.7 Å². The van der Waals surface area contributed by atoms with Gasteiger partial charge in [0.15, 0.2) is 17.7 Å². The van der Waals surface area contributed by atoms with Crippen LogP contribution in [0.5, 0.6) is 0 Å². The third-order valence-electron chi connectivity index (χ3n) is 4.60. The van der Waals surface area contributed by atoms with Crippen molar-refractivity contribution in [1.82, 2.24) is 4.98 Å². The van der Waals surface area contributed by atoms with Crippen LogP contribution in [0.4, 0.5) is 5.88 Å². The highest BCUT2D eigenvalue weighted by atomic mass is 16.4. The monoisotopic (exact) mass is 304 g/mol. The van der Waals surface area contributed by atoms with Gasteiger partial charge in [0.1, 0.15) is 7.05 Å². The van der Waals surface area contributed by atoms with Crippen molar-refractivity contribution in [3.63, 3.8) is 0 Å². The van der Waals surface area contributed by atoms with E-state index in [-0.39, 0.29) is 6.85 Å². The summed E-state index contributed by atoms with van der Waals surface area (Å²) in [5, 5.41) is 1.07. The molecule has 3 aromatic heterocycles. The minimum atomic E-state index is 0.161. The zero-order valence-corrected chi connectivity index (χ0v) is 13.9.